The largest absolute Gasteiger partial charge is 0.481 e. The van der Waals surface area contributed by atoms with Gasteiger partial charge in [-0.1, -0.05) is 46.3 Å². The Morgan fingerprint density at radius 2 is 1.71 bits per heavy atom. The number of rotatable bonds is 1. The number of carboxylic acids is 1. The summed E-state index contributed by atoms with van der Waals surface area (Å²) in [5.74, 6) is -0.602. The summed E-state index contributed by atoms with van der Waals surface area (Å²) in [6.45, 7) is 13.0. The second-order valence-corrected chi connectivity index (χ2v) is 13.8. The molecule has 0 saturated heterocycles. The van der Waals surface area contributed by atoms with E-state index in [9.17, 15) is 24.9 Å². The lowest BCUT2D eigenvalue weighted by Crippen LogP contribution is -2.67. The van der Waals surface area contributed by atoms with Gasteiger partial charge in [0.15, 0.2) is 5.78 Å². The lowest BCUT2D eigenvalue weighted by atomic mass is 9.34. The Hall–Kier alpha value is -1.20. The Balaban J connectivity index is 1.64. The molecule has 4 saturated carbocycles. The van der Waals surface area contributed by atoms with E-state index in [1.54, 1.807) is 0 Å². The number of carboxylic acid groups (broad SMARTS) is 1. The van der Waals surface area contributed by atoms with Gasteiger partial charge >= 0.3 is 5.97 Å². The van der Waals surface area contributed by atoms with Gasteiger partial charge in [0.05, 0.1) is 11.0 Å². The minimum atomic E-state index is -1.06. The molecule has 0 bridgehead atoms. The second-order valence-electron chi connectivity index (χ2n) is 13.8. The number of hydrogen-bond donors (Lipinski definition) is 3. The molecule has 0 aliphatic heterocycles. The van der Waals surface area contributed by atoms with Crippen LogP contribution >= 0.6 is 0 Å². The first-order valence-electron chi connectivity index (χ1n) is 13.5. The summed E-state index contributed by atoms with van der Waals surface area (Å²) in [6.07, 6.45) is 7.53. The number of aliphatic hydroxyl groups excluding tert-OH is 1. The van der Waals surface area contributed by atoms with Crippen molar-refractivity contribution in [2.45, 2.75) is 105 Å². The predicted octanol–water partition coefficient (Wildman–Crippen LogP) is 4.99. The maximum Gasteiger partial charge on any atom is 0.310 e. The number of fused-ring (bicyclic) bond motifs is 7. The predicted molar refractivity (Wildman–Crippen MR) is 130 cm³/mol. The van der Waals surface area contributed by atoms with Gasteiger partial charge in [0.2, 0.25) is 0 Å². The summed E-state index contributed by atoms with van der Waals surface area (Å²) in [4.78, 5) is 25.5. The van der Waals surface area contributed by atoms with Crippen LogP contribution in [0.1, 0.15) is 92.9 Å². The van der Waals surface area contributed by atoms with Gasteiger partial charge in [-0.15, -0.1) is 0 Å². The summed E-state index contributed by atoms with van der Waals surface area (Å²) in [7, 11) is 0. The van der Waals surface area contributed by atoms with E-state index in [4.69, 9.17) is 0 Å². The van der Waals surface area contributed by atoms with Gasteiger partial charge in [0, 0.05) is 11.8 Å². The number of aliphatic carboxylic acids is 1. The van der Waals surface area contributed by atoms with Crippen molar-refractivity contribution >= 4 is 11.8 Å². The monoisotopic (exact) mass is 472 g/mol. The summed E-state index contributed by atoms with van der Waals surface area (Å²) in [6, 6.07) is 0. The molecule has 5 aliphatic rings. The molecule has 11 atom stereocenters. The van der Waals surface area contributed by atoms with E-state index >= 15 is 0 Å². The first kappa shape index (κ1) is 24.5. The Bertz CT molecular complexity index is 952. The standard InChI is InChI=1S/C29H44O5/c1-16-9-12-29(24(32)33)14-13-26(4)19(23(29)28(16,6)34)7-8-21-25(3)15-20(30)22(31)17(2)18(25)10-11-27(21,26)5/h7,16-18,20-21,23,30,34H,8-15H2,1-6H3,(H,32,33)/t16-,17-,18+,20-,21-,23-,25+,26-,27-,28-,29+/m1/s1. The lowest BCUT2D eigenvalue weighted by Gasteiger charge is -2.70. The average molecular weight is 473 g/mol. The van der Waals surface area contributed by atoms with Crippen molar-refractivity contribution < 1.29 is 24.9 Å². The minimum Gasteiger partial charge on any atom is -0.481 e. The fourth-order valence-corrected chi connectivity index (χ4v) is 10.4. The smallest absolute Gasteiger partial charge is 0.310 e. The van der Waals surface area contributed by atoms with Crippen LogP contribution in [0.2, 0.25) is 0 Å². The molecule has 0 aromatic heterocycles. The maximum absolute atomic E-state index is 12.8. The van der Waals surface area contributed by atoms with Crippen LogP contribution in [0, 0.1) is 51.2 Å². The van der Waals surface area contributed by atoms with Gasteiger partial charge in [-0.3, -0.25) is 9.59 Å². The van der Waals surface area contributed by atoms with Gasteiger partial charge in [-0.05, 0) is 92.3 Å². The highest BCUT2D eigenvalue weighted by Gasteiger charge is 2.71. The highest BCUT2D eigenvalue weighted by Crippen LogP contribution is 2.75. The molecule has 4 fully saturated rings. The van der Waals surface area contributed by atoms with Crippen molar-refractivity contribution in [3.05, 3.63) is 11.6 Å². The Labute approximate surface area is 204 Å². The molecule has 5 heteroatoms. The van der Waals surface area contributed by atoms with Crippen LogP contribution < -0.4 is 0 Å². The number of hydrogen-bond acceptors (Lipinski definition) is 4. The topological polar surface area (TPSA) is 94.8 Å². The SMILES string of the molecule is C[C@@H]1CC[C@]2(C(=O)O)CC[C@]3(C)C(=CC[C@@H]4[C@@]5(C)C[C@@H](O)C(=O)[C@H](C)[C@@H]5CC[C@]43C)[C@@H]2[C@]1(C)O. The summed E-state index contributed by atoms with van der Waals surface area (Å²) < 4.78 is 0. The normalized spacial score (nSPS) is 56.9. The van der Waals surface area contributed by atoms with E-state index in [2.05, 4.69) is 33.8 Å². The average Bonchev–Trinajstić information content (AvgIpc) is 2.75. The highest BCUT2D eigenvalue weighted by molar-refractivity contribution is 5.86. The Morgan fingerprint density at radius 3 is 2.35 bits per heavy atom. The fraction of sp³-hybridized carbons (Fsp3) is 0.862. The molecule has 190 valence electrons. The number of Topliss-reactive ketones (excluding diaryl/α,β-unsaturated/α-hetero) is 1. The van der Waals surface area contributed by atoms with Crippen molar-refractivity contribution in [2.75, 3.05) is 0 Å². The van der Waals surface area contributed by atoms with Gasteiger partial charge in [0.1, 0.15) is 6.10 Å². The van der Waals surface area contributed by atoms with Crippen molar-refractivity contribution in [3.63, 3.8) is 0 Å². The molecule has 5 rings (SSSR count). The van der Waals surface area contributed by atoms with Crippen LogP contribution in [0.15, 0.2) is 11.6 Å². The van der Waals surface area contributed by atoms with E-state index in [0.29, 0.717) is 25.2 Å². The zero-order valence-electron chi connectivity index (χ0n) is 21.9. The maximum atomic E-state index is 12.8. The van der Waals surface area contributed by atoms with Crippen LogP contribution in [0.25, 0.3) is 0 Å². The van der Waals surface area contributed by atoms with E-state index in [0.717, 1.165) is 32.1 Å². The number of aliphatic hydroxyl groups is 2. The molecule has 0 spiro atoms. The van der Waals surface area contributed by atoms with Gasteiger partial charge in [0.25, 0.3) is 0 Å². The van der Waals surface area contributed by atoms with Crippen molar-refractivity contribution in [1.82, 2.24) is 0 Å². The third-order valence-corrected chi connectivity index (χ3v) is 12.8. The quantitative estimate of drug-likeness (QED) is 0.467. The number of carbonyl (C=O) groups excluding carboxylic acids is 1. The van der Waals surface area contributed by atoms with Crippen LogP contribution in [-0.4, -0.2) is 38.8 Å². The first-order chi connectivity index (χ1) is 15.7. The van der Waals surface area contributed by atoms with Crippen molar-refractivity contribution in [2.24, 2.45) is 51.2 Å². The molecular weight excluding hydrogens is 428 g/mol. The van der Waals surface area contributed by atoms with Crippen LogP contribution in [0.4, 0.5) is 0 Å². The molecule has 0 heterocycles. The first-order valence-corrected chi connectivity index (χ1v) is 13.5. The van der Waals surface area contributed by atoms with E-state index < -0.39 is 23.1 Å². The van der Waals surface area contributed by atoms with Gasteiger partial charge < -0.3 is 15.3 Å². The zero-order chi connectivity index (χ0) is 25.1. The Morgan fingerprint density at radius 1 is 1.03 bits per heavy atom. The Kier molecular flexibility index (Phi) is 5.18. The lowest BCUT2D eigenvalue weighted by molar-refractivity contribution is -0.206. The highest BCUT2D eigenvalue weighted by atomic mass is 16.4. The van der Waals surface area contributed by atoms with Gasteiger partial charge in [-0.25, -0.2) is 0 Å². The van der Waals surface area contributed by atoms with Crippen molar-refractivity contribution in [1.29, 1.82) is 0 Å². The molecule has 5 aliphatic carbocycles. The summed E-state index contributed by atoms with van der Waals surface area (Å²) in [5, 5.41) is 33.0. The fourth-order valence-electron chi connectivity index (χ4n) is 10.4. The third kappa shape index (κ3) is 2.69. The molecule has 0 aromatic carbocycles. The van der Waals surface area contributed by atoms with Crippen LogP contribution in [-0.2, 0) is 9.59 Å². The van der Waals surface area contributed by atoms with E-state index in [1.807, 2.05) is 13.8 Å². The number of carbonyl (C=O) groups is 2. The number of allylic oxidation sites excluding steroid dienone is 1. The molecule has 0 unspecified atom stereocenters. The molecule has 3 N–H and O–H groups in total. The van der Waals surface area contributed by atoms with E-state index in [-0.39, 0.29) is 45.7 Å². The molecule has 5 nitrogen and oxygen atoms in total. The van der Waals surface area contributed by atoms with Crippen molar-refractivity contribution in [3.8, 4) is 0 Å². The zero-order valence-corrected chi connectivity index (χ0v) is 21.9. The molecule has 0 aromatic rings. The second kappa shape index (κ2) is 7.18. The molecular formula is C29H44O5. The summed E-state index contributed by atoms with van der Waals surface area (Å²) in [5.41, 5.74) is -1.18. The molecule has 34 heavy (non-hydrogen) atoms. The number of ketones is 1. The summed E-state index contributed by atoms with van der Waals surface area (Å²) >= 11 is 0. The molecule has 0 radical (unpaired) electrons. The van der Waals surface area contributed by atoms with Gasteiger partial charge in [-0.2, -0.15) is 0 Å². The van der Waals surface area contributed by atoms with E-state index in [1.165, 1.54) is 5.57 Å². The van der Waals surface area contributed by atoms with Crippen LogP contribution in [0.5, 0.6) is 0 Å². The molecule has 0 amide bonds. The third-order valence-electron chi connectivity index (χ3n) is 12.8. The minimum absolute atomic E-state index is 0.000443. The van der Waals surface area contributed by atoms with Crippen LogP contribution in [0.3, 0.4) is 0 Å².